The zero-order valence-corrected chi connectivity index (χ0v) is 36.0. The molecular weight excluding hydrogens is 809 g/mol. The maximum atomic E-state index is 13.9. The van der Waals surface area contributed by atoms with Gasteiger partial charge in [0, 0.05) is 68.3 Å². The van der Waals surface area contributed by atoms with Crippen LogP contribution in [0.25, 0.3) is 11.0 Å². The molecule has 1 aliphatic carbocycles. The number of nitrogens with one attached hydrogen (secondary N) is 3. The average molecular weight is 863 g/mol. The van der Waals surface area contributed by atoms with Gasteiger partial charge in [-0.15, -0.1) is 0 Å². The van der Waals surface area contributed by atoms with Gasteiger partial charge in [0.25, 0.3) is 21.6 Å². The molecule has 6 heterocycles. The van der Waals surface area contributed by atoms with E-state index >= 15 is 0 Å². The number of likely N-dealkylation sites (tertiary alicyclic amines) is 1. The molecule has 3 saturated heterocycles. The molecule has 1 atom stereocenters. The van der Waals surface area contributed by atoms with Gasteiger partial charge < -0.3 is 24.7 Å². The highest BCUT2D eigenvalue weighted by Gasteiger charge is 2.50. The quantitative estimate of drug-likeness (QED) is 0.0761. The van der Waals surface area contributed by atoms with E-state index < -0.39 is 31.6 Å². The minimum atomic E-state index is -4.65. The monoisotopic (exact) mass is 862 g/mol. The van der Waals surface area contributed by atoms with Crippen molar-refractivity contribution < 1.29 is 27.6 Å². The molecule has 3 N–H and O–H groups in total. The number of piperidine rings is 1. The second-order valence-electron chi connectivity index (χ2n) is 17.8. The number of aromatic nitrogens is 3. The van der Waals surface area contributed by atoms with E-state index in [1.54, 1.807) is 24.4 Å². The summed E-state index contributed by atoms with van der Waals surface area (Å²) in [5, 5.41) is 15.3. The first-order valence-electron chi connectivity index (χ1n) is 21.8. The van der Waals surface area contributed by atoms with Gasteiger partial charge in [-0.25, -0.2) is 14.7 Å². The van der Waals surface area contributed by atoms with Crippen LogP contribution in [-0.4, -0.2) is 84.5 Å². The van der Waals surface area contributed by atoms with Gasteiger partial charge in [-0.1, -0.05) is 38.1 Å². The Balaban J connectivity index is 0.903. The average Bonchev–Trinajstić information content (AvgIpc) is 3.95. The summed E-state index contributed by atoms with van der Waals surface area (Å²) in [4.78, 5) is 41.9. The number of rotatable bonds is 13. The van der Waals surface area contributed by atoms with Crippen LogP contribution in [0.4, 0.5) is 17.1 Å². The number of hydrogen-bond acceptors (Lipinski definition) is 12. The van der Waals surface area contributed by atoms with Crippen LogP contribution in [-0.2, 0) is 14.8 Å². The number of H-pyrrole nitrogens is 1. The summed E-state index contributed by atoms with van der Waals surface area (Å²) in [5.41, 5.74) is 4.38. The van der Waals surface area contributed by atoms with E-state index in [1.807, 2.05) is 12.1 Å². The van der Waals surface area contributed by atoms with Crippen molar-refractivity contribution in [1.82, 2.24) is 24.6 Å². The number of fused-ring (bicyclic) bond motifs is 1. The molecule has 16 heteroatoms. The van der Waals surface area contributed by atoms with E-state index in [0.29, 0.717) is 54.6 Å². The molecule has 3 aromatic heterocycles. The first-order chi connectivity index (χ1) is 29.9. The van der Waals surface area contributed by atoms with Crippen molar-refractivity contribution in [2.24, 2.45) is 11.3 Å². The Hall–Kier alpha value is -5.58. The number of hydrogen-bond donors (Lipinski definition) is 3. The molecule has 4 fully saturated rings. The third kappa shape index (κ3) is 8.59. The van der Waals surface area contributed by atoms with Crippen LogP contribution in [0.2, 0.25) is 0 Å². The standard InChI is InChI=1S/C46H54N8O7S/c1-30(2)36-6-3-4-7-37(36)40-8-5-17-53(40)34-25-46(26-34)14-18-52(19-15-46)33-9-10-38(42(23-33)61-35-22-32-11-16-47-44(32)50-28-35)45(55)51-62(58,59)43-24-41(54(56)57)39(29-49-43)48-27-31-12-20-60-21-13-31/h3-4,6-7,9-11,16,22-24,28-31,34,40,48H,5,8,12-15,17-21,25-27H2,1-2H3,(H,47,50)(H,51,55)/t40-/m0/s1. The van der Waals surface area contributed by atoms with E-state index in [1.165, 1.54) is 43.0 Å². The summed E-state index contributed by atoms with van der Waals surface area (Å²) in [7, 11) is -4.65. The molecule has 3 aliphatic heterocycles. The van der Waals surface area contributed by atoms with Crippen molar-refractivity contribution in [3.05, 3.63) is 106 Å². The third-order valence-corrected chi connectivity index (χ3v) is 14.8. The molecule has 326 valence electrons. The molecule has 62 heavy (non-hydrogen) atoms. The zero-order chi connectivity index (χ0) is 43.0. The largest absolute Gasteiger partial charge is 0.455 e. The SMILES string of the molecule is CC(C)c1ccccc1[C@@H]1CCCN1C1CC2(CCN(c3ccc(C(=O)NS(=O)(=O)c4cc([N+](=O)[O-])c(NCC5CCOCC5)cn4)c(Oc4cnc5[nH]ccc5c4)c3)CC2)C1. The fourth-order valence-corrected chi connectivity index (χ4v) is 11.0. The molecule has 2 aromatic carbocycles. The molecule has 1 saturated carbocycles. The Morgan fingerprint density at radius 1 is 1.02 bits per heavy atom. The van der Waals surface area contributed by atoms with Crippen molar-refractivity contribution in [3.8, 4) is 11.5 Å². The molecule has 15 nitrogen and oxygen atoms in total. The number of benzene rings is 2. The second kappa shape index (κ2) is 17.3. The number of nitrogens with zero attached hydrogens (tertiary/aromatic N) is 5. The van der Waals surface area contributed by atoms with Gasteiger partial charge in [-0.2, -0.15) is 8.42 Å². The van der Waals surface area contributed by atoms with Gasteiger partial charge in [-0.3, -0.25) is 19.8 Å². The molecule has 0 bridgehead atoms. The molecule has 9 rings (SSSR count). The van der Waals surface area contributed by atoms with E-state index in [0.717, 1.165) is 68.7 Å². The molecule has 5 aromatic rings. The Kier molecular flexibility index (Phi) is 11.6. The fourth-order valence-electron chi connectivity index (χ4n) is 10.1. The smallest absolute Gasteiger partial charge is 0.296 e. The van der Waals surface area contributed by atoms with Gasteiger partial charge >= 0.3 is 0 Å². The highest BCUT2D eigenvalue weighted by atomic mass is 32.2. The van der Waals surface area contributed by atoms with Gasteiger partial charge in [0.1, 0.15) is 22.8 Å². The Bertz CT molecular complexity index is 2560. The third-order valence-electron chi connectivity index (χ3n) is 13.6. The molecular formula is C46H54N8O7S. The predicted molar refractivity (Wildman–Crippen MR) is 236 cm³/mol. The van der Waals surface area contributed by atoms with Crippen molar-refractivity contribution in [3.63, 3.8) is 0 Å². The minimum absolute atomic E-state index is 0.0368. The highest BCUT2D eigenvalue weighted by Crippen LogP contribution is 2.54. The summed E-state index contributed by atoms with van der Waals surface area (Å²) in [5.74, 6) is 0.284. The summed E-state index contributed by atoms with van der Waals surface area (Å²) in [6.07, 6.45) is 13.0. The summed E-state index contributed by atoms with van der Waals surface area (Å²) in [6, 6.07) is 19.7. The number of sulfonamides is 1. The molecule has 0 unspecified atom stereocenters. The Labute approximate surface area is 361 Å². The van der Waals surface area contributed by atoms with Gasteiger partial charge in [0.05, 0.1) is 28.9 Å². The lowest BCUT2D eigenvalue weighted by Gasteiger charge is -2.56. The predicted octanol–water partition coefficient (Wildman–Crippen LogP) is 8.33. The van der Waals surface area contributed by atoms with E-state index in [4.69, 9.17) is 9.47 Å². The number of aromatic amines is 1. The lowest BCUT2D eigenvalue weighted by Crippen LogP contribution is -2.54. The first kappa shape index (κ1) is 41.8. The van der Waals surface area contributed by atoms with Gasteiger partial charge in [0.2, 0.25) is 0 Å². The highest BCUT2D eigenvalue weighted by molar-refractivity contribution is 7.90. The Morgan fingerprint density at radius 2 is 1.81 bits per heavy atom. The van der Waals surface area contributed by atoms with Crippen molar-refractivity contribution in [2.75, 3.05) is 49.6 Å². The van der Waals surface area contributed by atoms with Crippen LogP contribution in [0.3, 0.4) is 0 Å². The summed E-state index contributed by atoms with van der Waals surface area (Å²) >= 11 is 0. The first-order valence-corrected chi connectivity index (χ1v) is 23.3. The van der Waals surface area contributed by atoms with Crippen LogP contribution >= 0.6 is 0 Å². The van der Waals surface area contributed by atoms with Crippen LogP contribution in [0.1, 0.15) is 98.7 Å². The Morgan fingerprint density at radius 3 is 2.58 bits per heavy atom. The van der Waals surface area contributed by atoms with Crippen LogP contribution < -0.4 is 19.7 Å². The number of anilines is 2. The number of pyridine rings is 2. The molecule has 1 spiro atoms. The lowest BCUT2D eigenvalue weighted by molar-refractivity contribution is -0.384. The number of nitro groups is 1. The topological polar surface area (TPSA) is 185 Å². The summed E-state index contributed by atoms with van der Waals surface area (Å²) in [6.45, 7) is 9.09. The fraction of sp³-hybridized carbons (Fsp3) is 0.457. The van der Waals surface area contributed by atoms with Crippen molar-refractivity contribution in [1.29, 1.82) is 0 Å². The number of carbonyl (C=O) groups excluding carboxylic acids is 1. The van der Waals surface area contributed by atoms with Crippen molar-refractivity contribution >= 4 is 44.0 Å². The van der Waals surface area contributed by atoms with Crippen LogP contribution in [0.5, 0.6) is 11.5 Å². The van der Waals surface area contributed by atoms with Crippen molar-refractivity contribution in [2.45, 2.75) is 88.2 Å². The van der Waals surface area contributed by atoms with E-state index in [9.17, 15) is 23.3 Å². The molecule has 4 aliphatic rings. The number of carbonyl (C=O) groups is 1. The lowest BCUT2D eigenvalue weighted by atomic mass is 9.59. The number of amides is 1. The number of ether oxygens (including phenoxy) is 2. The molecule has 0 radical (unpaired) electrons. The normalized spacial score (nSPS) is 19.8. The van der Waals surface area contributed by atoms with E-state index in [2.05, 4.69) is 72.9 Å². The van der Waals surface area contributed by atoms with Crippen LogP contribution in [0.15, 0.2) is 84.3 Å². The van der Waals surface area contributed by atoms with E-state index in [-0.39, 0.29) is 22.9 Å². The second-order valence-corrected chi connectivity index (χ2v) is 19.4. The minimum Gasteiger partial charge on any atom is -0.455 e. The van der Waals surface area contributed by atoms with Crippen LogP contribution in [0, 0.1) is 21.4 Å². The maximum absolute atomic E-state index is 13.9. The zero-order valence-electron chi connectivity index (χ0n) is 35.2. The molecule has 1 amide bonds. The van der Waals surface area contributed by atoms with Gasteiger partial charge in [-0.05, 0) is 111 Å². The maximum Gasteiger partial charge on any atom is 0.296 e. The van der Waals surface area contributed by atoms with Gasteiger partial charge in [0.15, 0.2) is 5.03 Å². The summed E-state index contributed by atoms with van der Waals surface area (Å²) < 4.78 is 41.1.